The summed E-state index contributed by atoms with van der Waals surface area (Å²) in [7, 11) is 0. The summed E-state index contributed by atoms with van der Waals surface area (Å²) < 4.78 is 12.1. The van der Waals surface area contributed by atoms with Crippen molar-refractivity contribution >= 4 is 11.8 Å². The molecule has 2 aliphatic rings. The number of hydrogen-bond donors (Lipinski definition) is 1. The van der Waals surface area contributed by atoms with E-state index in [1.165, 1.54) is 11.5 Å². The lowest BCUT2D eigenvalue weighted by Gasteiger charge is -2.43. The Morgan fingerprint density at radius 3 is 2.95 bits per heavy atom. The summed E-state index contributed by atoms with van der Waals surface area (Å²) in [5.74, 6) is 3.40. The Hall–Kier alpha value is -0.870. The number of rotatable bonds is 2. The lowest BCUT2D eigenvalue weighted by Crippen LogP contribution is -2.46. The second-order valence-corrected chi connectivity index (χ2v) is 6.60. The monoisotopic (exact) mass is 280 g/mol. The quantitative estimate of drug-likeness (QED) is 0.903. The van der Waals surface area contributed by atoms with Crippen LogP contribution in [0, 0.1) is 0 Å². The largest absolute Gasteiger partial charge is 0.508 e. The second-order valence-electron chi connectivity index (χ2n) is 5.37. The third kappa shape index (κ3) is 3.18. The van der Waals surface area contributed by atoms with E-state index in [1.807, 2.05) is 23.9 Å². The fourth-order valence-corrected chi connectivity index (χ4v) is 4.16. The van der Waals surface area contributed by atoms with Crippen molar-refractivity contribution in [3.05, 3.63) is 24.3 Å². The molecule has 0 amide bonds. The summed E-state index contributed by atoms with van der Waals surface area (Å²) in [5, 5.41) is 9.48. The van der Waals surface area contributed by atoms with Crippen LogP contribution in [0.3, 0.4) is 0 Å². The van der Waals surface area contributed by atoms with Crippen molar-refractivity contribution in [1.82, 2.24) is 0 Å². The molecule has 0 aromatic heterocycles. The summed E-state index contributed by atoms with van der Waals surface area (Å²) in [6, 6.07) is 7.06. The molecule has 1 unspecified atom stereocenters. The molecule has 2 saturated heterocycles. The summed E-state index contributed by atoms with van der Waals surface area (Å²) in [6.07, 6.45) is 4.39. The molecule has 1 N–H and O–H groups in total. The van der Waals surface area contributed by atoms with E-state index in [9.17, 15) is 5.11 Å². The standard InChI is InChI=1S/C15H20O3S/c16-12-2-1-3-13(10-12)18-14-4-7-17-15(11-14)5-8-19-9-6-15/h1-3,10,14,16H,4-9,11H2. The van der Waals surface area contributed by atoms with Gasteiger partial charge in [-0.1, -0.05) is 6.07 Å². The van der Waals surface area contributed by atoms with Gasteiger partial charge in [-0.15, -0.1) is 0 Å². The Morgan fingerprint density at radius 1 is 1.32 bits per heavy atom. The average molecular weight is 280 g/mol. The van der Waals surface area contributed by atoms with Crippen LogP contribution in [0.4, 0.5) is 0 Å². The first-order chi connectivity index (χ1) is 9.26. The lowest BCUT2D eigenvalue weighted by atomic mass is 9.86. The minimum atomic E-state index is 0.0466. The maximum Gasteiger partial charge on any atom is 0.123 e. The Labute approximate surface area is 118 Å². The summed E-state index contributed by atoms with van der Waals surface area (Å²) in [6.45, 7) is 0.786. The van der Waals surface area contributed by atoms with Crippen molar-refractivity contribution in [2.24, 2.45) is 0 Å². The zero-order valence-corrected chi connectivity index (χ0v) is 11.8. The first kappa shape index (κ1) is 13.1. The van der Waals surface area contributed by atoms with Crippen LogP contribution >= 0.6 is 11.8 Å². The van der Waals surface area contributed by atoms with Gasteiger partial charge in [-0.2, -0.15) is 11.8 Å². The maximum atomic E-state index is 9.48. The predicted molar refractivity (Wildman–Crippen MR) is 77.0 cm³/mol. The number of phenolic OH excluding ortho intramolecular Hbond substituents is 1. The molecule has 19 heavy (non-hydrogen) atoms. The number of phenols is 1. The Bertz CT molecular complexity index is 424. The molecule has 4 heteroatoms. The molecule has 1 aromatic carbocycles. The highest BCUT2D eigenvalue weighted by molar-refractivity contribution is 7.99. The molecule has 3 rings (SSSR count). The van der Waals surface area contributed by atoms with Crippen LogP contribution in [0.15, 0.2) is 24.3 Å². The van der Waals surface area contributed by atoms with E-state index in [-0.39, 0.29) is 17.5 Å². The van der Waals surface area contributed by atoms with Crippen LogP contribution in [-0.4, -0.2) is 34.9 Å². The smallest absolute Gasteiger partial charge is 0.123 e. The van der Waals surface area contributed by atoms with Gasteiger partial charge in [-0.05, 0) is 36.5 Å². The van der Waals surface area contributed by atoms with Gasteiger partial charge in [0.2, 0.25) is 0 Å². The first-order valence-electron chi connectivity index (χ1n) is 6.93. The highest BCUT2D eigenvalue weighted by atomic mass is 32.2. The zero-order chi connectivity index (χ0) is 13.1. The zero-order valence-electron chi connectivity index (χ0n) is 11.0. The SMILES string of the molecule is Oc1cccc(OC2CCOC3(CCSCC3)C2)c1. The van der Waals surface area contributed by atoms with E-state index >= 15 is 0 Å². The maximum absolute atomic E-state index is 9.48. The molecule has 3 nitrogen and oxygen atoms in total. The van der Waals surface area contributed by atoms with Gasteiger partial charge in [0.05, 0.1) is 12.2 Å². The van der Waals surface area contributed by atoms with E-state index in [1.54, 1.807) is 12.1 Å². The average Bonchev–Trinajstić information content (AvgIpc) is 2.40. The molecule has 0 bridgehead atoms. The number of hydrogen-bond acceptors (Lipinski definition) is 4. The fourth-order valence-electron chi connectivity index (χ4n) is 2.92. The fraction of sp³-hybridized carbons (Fsp3) is 0.600. The van der Waals surface area contributed by atoms with E-state index < -0.39 is 0 Å². The summed E-state index contributed by atoms with van der Waals surface area (Å²) >= 11 is 2.02. The molecule has 0 radical (unpaired) electrons. The van der Waals surface area contributed by atoms with Crippen molar-refractivity contribution in [2.75, 3.05) is 18.1 Å². The van der Waals surface area contributed by atoms with Crippen molar-refractivity contribution < 1.29 is 14.6 Å². The van der Waals surface area contributed by atoms with Gasteiger partial charge in [-0.25, -0.2) is 0 Å². The van der Waals surface area contributed by atoms with Crippen LogP contribution in [0.2, 0.25) is 0 Å². The number of ether oxygens (including phenoxy) is 2. The van der Waals surface area contributed by atoms with E-state index in [0.717, 1.165) is 38.0 Å². The third-order valence-corrected chi connectivity index (χ3v) is 4.96. The lowest BCUT2D eigenvalue weighted by molar-refractivity contribution is -0.116. The van der Waals surface area contributed by atoms with Crippen molar-refractivity contribution in [1.29, 1.82) is 0 Å². The Morgan fingerprint density at radius 2 is 2.16 bits per heavy atom. The highest BCUT2D eigenvalue weighted by Gasteiger charge is 2.39. The van der Waals surface area contributed by atoms with E-state index in [4.69, 9.17) is 9.47 Å². The number of aromatic hydroxyl groups is 1. The van der Waals surface area contributed by atoms with Gasteiger partial charge in [0.25, 0.3) is 0 Å². The molecule has 2 aliphatic heterocycles. The van der Waals surface area contributed by atoms with Crippen LogP contribution in [0.1, 0.15) is 25.7 Å². The minimum absolute atomic E-state index is 0.0466. The Balaban J connectivity index is 1.65. The van der Waals surface area contributed by atoms with Crippen LogP contribution in [0.25, 0.3) is 0 Å². The highest BCUT2D eigenvalue weighted by Crippen LogP contribution is 2.38. The van der Waals surface area contributed by atoms with Gasteiger partial charge in [0, 0.05) is 18.9 Å². The van der Waals surface area contributed by atoms with Gasteiger partial charge in [-0.3, -0.25) is 0 Å². The minimum Gasteiger partial charge on any atom is -0.508 e. The van der Waals surface area contributed by atoms with E-state index in [0.29, 0.717) is 0 Å². The van der Waals surface area contributed by atoms with Gasteiger partial charge >= 0.3 is 0 Å². The number of thioether (sulfide) groups is 1. The van der Waals surface area contributed by atoms with Gasteiger partial charge in [0.15, 0.2) is 0 Å². The van der Waals surface area contributed by atoms with Crippen LogP contribution < -0.4 is 4.74 Å². The van der Waals surface area contributed by atoms with Gasteiger partial charge in [0.1, 0.15) is 17.6 Å². The molecule has 1 aromatic rings. The van der Waals surface area contributed by atoms with Crippen LogP contribution in [0.5, 0.6) is 11.5 Å². The topological polar surface area (TPSA) is 38.7 Å². The molecule has 2 heterocycles. The van der Waals surface area contributed by atoms with Crippen molar-refractivity contribution in [3.63, 3.8) is 0 Å². The molecular formula is C15H20O3S. The third-order valence-electron chi connectivity index (χ3n) is 3.97. The molecule has 1 spiro atoms. The number of benzene rings is 1. The predicted octanol–water partition coefficient (Wildman–Crippen LogP) is 3.22. The Kier molecular flexibility index (Phi) is 3.89. The molecular weight excluding hydrogens is 260 g/mol. The van der Waals surface area contributed by atoms with Crippen molar-refractivity contribution in [3.8, 4) is 11.5 Å². The molecule has 0 aliphatic carbocycles. The van der Waals surface area contributed by atoms with Gasteiger partial charge < -0.3 is 14.6 Å². The molecule has 1 atom stereocenters. The van der Waals surface area contributed by atoms with Crippen molar-refractivity contribution in [2.45, 2.75) is 37.4 Å². The molecule has 0 saturated carbocycles. The summed E-state index contributed by atoms with van der Waals surface area (Å²) in [4.78, 5) is 0. The molecule has 104 valence electrons. The van der Waals surface area contributed by atoms with E-state index in [2.05, 4.69) is 0 Å². The summed E-state index contributed by atoms with van der Waals surface area (Å²) in [5.41, 5.74) is 0.0466. The normalized spacial score (nSPS) is 26.2. The van der Waals surface area contributed by atoms with Crippen LogP contribution in [-0.2, 0) is 4.74 Å². The first-order valence-corrected chi connectivity index (χ1v) is 8.09. The molecule has 2 fully saturated rings. The second kappa shape index (κ2) is 5.63.